The number of amides is 2. The van der Waals surface area contributed by atoms with Crippen molar-refractivity contribution in [1.82, 2.24) is 9.80 Å². The van der Waals surface area contributed by atoms with Crippen molar-refractivity contribution >= 4 is 17.8 Å². The zero-order valence-corrected chi connectivity index (χ0v) is 22.5. The number of allylic oxidation sites excluding steroid dienone is 1. The average molecular weight is 505 g/mol. The van der Waals surface area contributed by atoms with Crippen LogP contribution in [0, 0.1) is 11.8 Å². The van der Waals surface area contributed by atoms with E-state index in [2.05, 4.69) is 13.2 Å². The number of fused-ring (bicyclic) bond motifs is 1. The van der Waals surface area contributed by atoms with E-state index in [1.54, 1.807) is 22.0 Å². The third kappa shape index (κ3) is 4.74. The van der Waals surface area contributed by atoms with Gasteiger partial charge in [-0.3, -0.25) is 14.4 Å². The molecule has 3 rings (SSSR count). The summed E-state index contributed by atoms with van der Waals surface area (Å²) in [7, 11) is 0. The molecule has 0 radical (unpaired) electrons. The topological polar surface area (TPSA) is 96.4 Å². The molecule has 8 nitrogen and oxygen atoms in total. The fraction of sp³-hybridized carbons (Fsp3) is 0.750. The molecule has 1 spiro atoms. The van der Waals surface area contributed by atoms with Gasteiger partial charge in [-0.15, -0.1) is 13.2 Å². The lowest BCUT2D eigenvalue weighted by atomic mass is 9.65. The third-order valence-electron chi connectivity index (χ3n) is 8.16. The van der Waals surface area contributed by atoms with E-state index in [0.717, 1.165) is 6.42 Å². The molecule has 0 aromatic heterocycles. The van der Waals surface area contributed by atoms with Crippen molar-refractivity contribution < 1.29 is 29.0 Å². The molecule has 2 unspecified atom stereocenters. The largest absolute Gasteiger partial charge is 0.465 e. The standard InChI is InChI=1S/C28H44N2O6/c1-7-10-13-19-35-25(34)21-20-23(32)29(17-11-12-18-31)22(24(33)30(16-8-2)26(4,5)6)28(20)15-14-27(21,9-3)36-28/h7-8,20-22,31H,1-2,9-19H2,3-6H3/t20-,21+,22?,27-,28?/m0/s1. The average Bonchev–Trinajstić information content (AvgIpc) is 3.43. The Morgan fingerprint density at radius 2 is 1.94 bits per heavy atom. The predicted octanol–water partition coefficient (Wildman–Crippen LogP) is 3.24. The van der Waals surface area contributed by atoms with Crippen molar-refractivity contribution in [2.45, 2.75) is 95.4 Å². The molecule has 3 saturated heterocycles. The molecule has 3 heterocycles. The number of carbonyl (C=O) groups excluding carboxylic acids is 3. The maximum atomic E-state index is 14.2. The Morgan fingerprint density at radius 3 is 2.53 bits per heavy atom. The predicted molar refractivity (Wildman–Crippen MR) is 137 cm³/mol. The molecule has 202 valence electrons. The summed E-state index contributed by atoms with van der Waals surface area (Å²) in [6.45, 7) is 16.3. The number of ether oxygens (including phenoxy) is 2. The van der Waals surface area contributed by atoms with E-state index in [0.29, 0.717) is 51.6 Å². The van der Waals surface area contributed by atoms with Gasteiger partial charge in [0.2, 0.25) is 11.8 Å². The molecule has 0 saturated carbocycles. The molecule has 3 aliphatic rings. The molecule has 3 aliphatic heterocycles. The number of carbonyl (C=O) groups is 3. The van der Waals surface area contributed by atoms with Gasteiger partial charge in [0.25, 0.3) is 0 Å². The normalized spacial score (nSPS) is 30.9. The number of aliphatic hydroxyl groups excluding tert-OH is 1. The molecule has 3 fully saturated rings. The number of rotatable bonds is 13. The fourth-order valence-electron chi connectivity index (χ4n) is 6.45. The Bertz CT molecular complexity index is 867. The lowest BCUT2D eigenvalue weighted by Crippen LogP contribution is -2.60. The van der Waals surface area contributed by atoms with Crippen LogP contribution in [0.2, 0.25) is 0 Å². The summed E-state index contributed by atoms with van der Waals surface area (Å²) >= 11 is 0. The van der Waals surface area contributed by atoms with Crippen LogP contribution in [-0.2, 0) is 23.9 Å². The number of unbranched alkanes of at least 4 members (excludes halogenated alkanes) is 2. The van der Waals surface area contributed by atoms with Crippen LogP contribution in [0.4, 0.5) is 0 Å². The smallest absolute Gasteiger partial charge is 0.312 e. The second kappa shape index (κ2) is 11.1. The van der Waals surface area contributed by atoms with Crippen LogP contribution in [-0.4, -0.2) is 81.8 Å². The van der Waals surface area contributed by atoms with E-state index in [1.807, 2.05) is 27.7 Å². The summed E-state index contributed by atoms with van der Waals surface area (Å²) in [5.41, 5.74) is -2.38. The second-order valence-electron chi connectivity index (χ2n) is 11.3. The molecule has 0 aromatic carbocycles. The first-order chi connectivity index (χ1) is 17.0. The van der Waals surface area contributed by atoms with Crippen molar-refractivity contribution in [3.63, 3.8) is 0 Å². The molecular weight excluding hydrogens is 460 g/mol. The van der Waals surface area contributed by atoms with Crippen LogP contribution in [0.15, 0.2) is 25.3 Å². The van der Waals surface area contributed by atoms with Gasteiger partial charge in [0, 0.05) is 25.2 Å². The van der Waals surface area contributed by atoms with E-state index in [-0.39, 0.29) is 25.0 Å². The Kier molecular flexibility index (Phi) is 8.71. The summed E-state index contributed by atoms with van der Waals surface area (Å²) in [6, 6.07) is -0.833. The number of hydrogen-bond acceptors (Lipinski definition) is 6. The van der Waals surface area contributed by atoms with Crippen LogP contribution < -0.4 is 0 Å². The highest BCUT2D eigenvalue weighted by Gasteiger charge is 2.79. The zero-order chi connectivity index (χ0) is 26.7. The minimum atomic E-state index is -1.07. The maximum Gasteiger partial charge on any atom is 0.312 e. The molecule has 0 aromatic rings. The van der Waals surface area contributed by atoms with E-state index >= 15 is 0 Å². The fourth-order valence-corrected chi connectivity index (χ4v) is 6.45. The number of aliphatic hydroxyl groups is 1. The highest BCUT2D eigenvalue weighted by atomic mass is 16.6. The molecule has 5 atom stereocenters. The Balaban J connectivity index is 2.03. The first-order valence-corrected chi connectivity index (χ1v) is 13.4. The van der Waals surface area contributed by atoms with Gasteiger partial charge in [-0.05, 0) is 65.7 Å². The summed E-state index contributed by atoms with van der Waals surface area (Å²) in [5, 5.41) is 9.33. The number of nitrogens with zero attached hydrogens (tertiary/aromatic N) is 2. The molecular formula is C28H44N2O6. The zero-order valence-electron chi connectivity index (χ0n) is 22.5. The Labute approximate surface area is 215 Å². The Hall–Kier alpha value is -2.19. The summed E-state index contributed by atoms with van der Waals surface area (Å²) < 4.78 is 12.4. The minimum absolute atomic E-state index is 0.00883. The van der Waals surface area contributed by atoms with E-state index in [9.17, 15) is 19.5 Å². The van der Waals surface area contributed by atoms with E-state index in [4.69, 9.17) is 9.47 Å². The number of likely N-dealkylation sites (tertiary alicyclic amines) is 1. The van der Waals surface area contributed by atoms with E-state index < -0.39 is 40.6 Å². The Morgan fingerprint density at radius 1 is 1.22 bits per heavy atom. The van der Waals surface area contributed by atoms with Gasteiger partial charge in [-0.2, -0.15) is 0 Å². The first kappa shape index (κ1) is 28.4. The highest BCUT2D eigenvalue weighted by molar-refractivity contribution is 5.98. The van der Waals surface area contributed by atoms with Crippen molar-refractivity contribution in [3.8, 4) is 0 Å². The second-order valence-corrected chi connectivity index (χ2v) is 11.3. The van der Waals surface area contributed by atoms with Crippen molar-refractivity contribution in [3.05, 3.63) is 25.3 Å². The summed E-state index contributed by atoms with van der Waals surface area (Å²) in [6.07, 6.45) is 7.65. The van der Waals surface area contributed by atoms with Gasteiger partial charge >= 0.3 is 5.97 Å². The van der Waals surface area contributed by atoms with E-state index in [1.165, 1.54) is 0 Å². The first-order valence-electron chi connectivity index (χ1n) is 13.4. The van der Waals surface area contributed by atoms with Crippen LogP contribution in [0.3, 0.4) is 0 Å². The minimum Gasteiger partial charge on any atom is -0.465 e. The number of hydrogen-bond donors (Lipinski definition) is 1. The van der Waals surface area contributed by atoms with Gasteiger partial charge in [0.05, 0.1) is 18.1 Å². The molecule has 1 N–H and O–H groups in total. The summed E-state index contributed by atoms with van der Waals surface area (Å²) in [5.74, 6) is -2.32. The lowest BCUT2D eigenvalue weighted by Gasteiger charge is -2.42. The van der Waals surface area contributed by atoms with Crippen LogP contribution in [0.1, 0.15) is 72.6 Å². The van der Waals surface area contributed by atoms with Gasteiger partial charge in [-0.1, -0.05) is 19.1 Å². The monoisotopic (exact) mass is 504 g/mol. The van der Waals surface area contributed by atoms with Crippen LogP contribution >= 0.6 is 0 Å². The van der Waals surface area contributed by atoms with Crippen LogP contribution in [0.25, 0.3) is 0 Å². The highest BCUT2D eigenvalue weighted by Crippen LogP contribution is 2.64. The van der Waals surface area contributed by atoms with Crippen molar-refractivity contribution in [2.24, 2.45) is 11.8 Å². The third-order valence-corrected chi connectivity index (χ3v) is 8.16. The summed E-state index contributed by atoms with van der Waals surface area (Å²) in [4.78, 5) is 45.1. The van der Waals surface area contributed by atoms with Gasteiger partial charge in [-0.25, -0.2) is 0 Å². The molecule has 8 heteroatoms. The van der Waals surface area contributed by atoms with Crippen molar-refractivity contribution in [1.29, 1.82) is 0 Å². The SMILES string of the molecule is C=CCCCOC(=O)[C@H]1[C@H]2C(=O)N(CCCCO)C(C(=O)N(CC=C)C(C)(C)C)C23CC[C@]1(CC)O3. The van der Waals surface area contributed by atoms with Crippen LogP contribution in [0.5, 0.6) is 0 Å². The quantitative estimate of drug-likeness (QED) is 0.235. The number of esters is 1. The molecule has 36 heavy (non-hydrogen) atoms. The maximum absolute atomic E-state index is 14.2. The van der Waals surface area contributed by atoms with Gasteiger partial charge in [0.15, 0.2) is 0 Å². The molecule has 2 bridgehead atoms. The molecule has 0 aliphatic carbocycles. The lowest BCUT2D eigenvalue weighted by molar-refractivity contribution is -0.162. The molecule has 2 amide bonds. The van der Waals surface area contributed by atoms with Crippen molar-refractivity contribution in [2.75, 3.05) is 26.3 Å². The van der Waals surface area contributed by atoms with Gasteiger partial charge < -0.3 is 24.4 Å². The van der Waals surface area contributed by atoms with Gasteiger partial charge in [0.1, 0.15) is 17.6 Å².